The van der Waals surface area contributed by atoms with Crippen LogP contribution < -0.4 is 0 Å². The highest BCUT2D eigenvalue weighted by atomic mass is 127. The van der Waals surface area contributed by atoms with Gasteiger partial charge in [-0.15, -0.1) is 0 Å². The molecule has 0 N–H and O–H groups in total. The second-order valence-electron chi connectivity index (χ2n) is 7.46. The molecule has 3 fully saturated rings. The second kappa shape index (κ2) is 6.13. The smallest absolute Gasteiger partial charge is 0.367 e. The van der Waals surface area contributed by atoms with Crippen molar-refractivity contribution in [1.82, 2.24) is 0 Å². The largest absolute Gasteiger partial charge is 0.451 e. The number of hydrogen-bond acceptors (Lipinski definition) is 2. The zero-order valence-corrected chi connectivity index (χ0v) is 15.6. The molecule has 2 nitrogen and oxygen atoms in total. The first kappa shape index (κ1) is 16.6. The van der Waals surface area contributed by atoms with Crippen LogP contribution in [0.5, 0.6) is 0 Å². The van der Waals surface area contributed by atoms with Crippen molar-refractivity contribution in [2.24, 2.45) is 35.5 Å². The van der Waals surface area contributed by atoms with E-state index in [1.165, 1.54) is 25.7 Å². The van der Waals surface area contributed by atoms with Gasteiger partial charge in [0.05, 0.1) is 22.6 Å². The Morgan fingerprint density at radius 1 is 1.30 bits per heavy atom. The summed E-state index contributed by atoms with van der Waals surface area (Å²) in [4.78, 5) is 11.8. The highest BCUT2D eigenvalue weighted by molar-refractivity contribution is 14.1. The third kappa shape index (κ3) is 2.64. The Labute approximate surface area is 137 Å². The molecular weight excluding hydrogens is 363 g/mol. The van der Waals surface area contributed by atoms with Crippen molar-refractivity contribution in [3.63, 3.8) is 0 Å². The molecule has 0 aromatic carbocycles. The van der Waals surface area contributed by atoms with Crippen molar-refractivity contribution in [3.05, 3.63) is 0 Å². The molecule has 3 aliphatic carbocycles. The minimum atomic E-state index is -0.248. The summed E-state index contributed by atoms with van der Waals surface area (Å²) < 4.78 is 5.92. The lowest BCUT2D eigenvalue weighted by molar-refractivity contribution is -0.177. The van der Waals surface area contributed by atoms with Gasteiger partial charge in [-0.05, 0) is 48.9 Å². The molecule has 6 atom stereocenters. The van der Waals surface area contributed by atoms with Crippen molar-refractivity contribution in [2.45, 2.75) is 65.9 Å². The van der Waals surface area contributed by atoms with Crippen LogP contribution in [0, 0.1) is 35.5 Å². The van der Waals surface area contributed by atoms with E-state index < -0.39 is 0 Å². The monoisotopic (exact) mass is 392 g/mol. The highest BCUT2D eigenvalue weighted by Gasteiger charge is 2.58. The molecule has 0 spiro atoms. The van der Waals surface area contributed by atoms with Crippen molar-refractivity contribution in [3.8, 4) is 0 Å². The van der Waals surface area contributed by atoms with E-state index in [4.69, 9.17) is 4.74 Å². The average Bonchev–Trinajstić information content (AvgIpc) is 2.36. The Morgan fingerprint density at radius 3 is 2.40 bits per heavy atom. The summed E-state index contributed by atoms with van der Waals surface area (Å²) in [6, 6.07) is 0. The number of ether oxygens (including phenoxy) is 1. The number of carbonyl (C=O) groups is 1. The predicted molar refractivity (Wildman–Crippen MR) is 91.0 cm³/mol. The third-order valence-corrected chi connectivity index (χ3v) is 6.56. The molecule has 3 saturated carbocycles. The lowest BCUT2D eigenvalue weighted by Crippen LogP contribution is -2.61. The third-order valence-electron chi connectivity index (χ3n) is 6.34. The first-order chi connectivity index (χ1) is 9.32. The van der Waals surface area contributed by atoms with Crippen LogP contribution in [0.1, 0.15) is 60.3 Å². The molecule has 3 heteroatoms. The SMILES string of the molecule is CCC1CC2CC(C2C)C(OC(=O)I)(C(C)C)C(C)C1. The zero-order chi connectivity index (χ0) is 15.1. The number of fused-ring (bicyclic) bond motifs is 4. The van der Waals surface area contributed by atoms with Crippen LogP contribution in [0.3, 0.4) is 0 Å². The van der Waals surface area contributed by atoms with Gasteiger partial charge in [0.15, 0.2) is 0 Å². The first-order valence-corrected chi connectivity index (χ1v) is 9.29. The molecule has 0 saturated heterocycles. The van der Waals surface area contributed by atoms with Crippen LogP contribution in [-0.2, 0) is 4.74 Å². The fourth-order valence-corrected chi connectivity index (χ4v) is 5.51. The van der Waals surface area contributed by atoms with Crippen LogP contribution in [0.15, 0.2) is 0 Å². The molecule has 2 bridgehead atoms. The lowest BCUT2D eigenvalue weighted by atomic mass is 9.49. The molecule has 0 amide bonds. The van der Waals surface area contributed by atoms with Crippen LogP contribution in [-0.4, -0.2) is 9.58 Å². The Morgan fingerprint density at radius 2 is 1.95 bits per heavy atom. The maximum atomic E-state index is 11.8. The van der Waals surface area contributed by atoms with Gasteiger partial charge in [-0.2, -0.15) is 0 Å². The lowest BCUT2D eigenvalue weighted by Gasteiger charge is -2.59. The Balaban J connectivity index is 2.37. The molecule has 20 heavy (non-hydrogen) atoms. The van der Waals surface area contributed by atoms with Gasteiger partial charge in [-0.1, -0.05) is 41.0 Å². The van der Waals surface area contributed by atoms with Crippen LogP contribution in [0.4, 0.5) is 4.79 Å². The van der Waals surface area contributed by atoms with E-state index in [2.05, 4.69) is 34.6 Å². The van der Waals surface area contributed by atoms with Crippen molar-refractivity contribution in [1.29, 1.82) is 0 Å². The number of rotatable bonds is 3. The molecular formula is C17H29IO2. The maximum Gasteiger partial charge on any atom is 0.367 e. The maximum absolute atomic E-state index is 11.8. The van der Waals surface area contributed by atoms with Crippen LogP contribution in [0.2, 0.25) is 0 Å². The summed E-state index contributed by atoms with van der Waals surface area (Å²) in [5, 5.41) is 0. The summed E-state index contributed by atoms with van der Waals surface area (Å²) in [6.07, 6.45) is 5.10. The fourth-order valence-electron chi connectivity index (χ4n) is 5.13. The summed E-state index contributed by atoms with van der Waals surface area (Å²) in [5.74, 6) is 3.75. The van der Waals surface area contributed by atoms with Crippen LogP contribution >= 0.6 is 22.6 Å². The Hall–Kier alpha value is 0.200. The van der Waals surface area contributed by atoms with Gasteiger partial charge in [0.1, 0.15) is 5.60 Å². The number of halogens is 1. The molecule has 0 aromatic rings. The summed E-state index contributed by atoms with van der Waals surface area (Å²) in [7, 11) is 0. The van der Waals surface area contributed by atoms with Crippen molar-refractivity contribution < 1.29 is 9.53 Å². The summed E-state index contributed by atoms with van der Waals surface area (Å²) >= 11 is 1.81. The van der Waals surface area contributed by atoms with E-state index in [-0.39, 0.29) is 9.58 Å². The second-order valence-corrected chi connectivity index (χ2v) is 8.34. The van der Waals surface area contributed by atoms with E-state index in [0.717, 1.165) is 11.8 Å². The average molecular weight is 392 g/mol. The number of carbonyl (C=O) groups excluding carboxylic acids is 1. The van der Waals surface area contributed by atoms with Gasteiger partial charge >= 0.3 is 3.98 Å². The standard InChI is InChI=1S/C17H29IO2/c1-6-13-7-11(4)17(10(2)3,20-16(18)19)15-9-14(8-13)12(15)5/h10-15H,6-9H2,1-5H3. The zero-order valence-electron chi connectivity index (χ0n) is 13.5. The van der Waals surface area contributed by atoms with E-state index in [9.17, 15) is 4.79 Å². The van der Waals surface area contributed by atoms with Gasteiger partial charge in [0.2, 0.25) is 0 Å². The molecule has 3 rings (SSSR count). The molecule has 0 radical (unpaired) electrons. The van der Waals surface area contributed by atoms with Crippen molar-refractivity contribution in [2.75, 3.05) is 0 Å². The summed E-state index contributed by atoms with van der Waals surface area (Å²) in [6.45, 7) is 11.5. The van der Waals surface area contributed by atoms with E-state index >= 15 is 0 Å². The van der Waals surface area contributed by atoms with E-state index in [1.807, 2.05) is 22.6 Å². The highest BCUT2D eigenvalue weighted by Crippen LogP contribution is 2.58. The Kier molecular flexibility index (Phi) is 5.08. The normalized spacial score (nSPS) is 44.5. The van der Waals surface area contributed by atoms with Crippen molar-refractivity contribution >= 4 is 26.6 Å². The van der Waals surface area contributed by atoms with Gasteiger partial charge in [-0.25, -0.2) is 4.79 Å². The topological polar surface area (TPSA) is 26.3 Å². The molecule has 0 aromatic heterocycles. The Bertz CT molecular complexity index is 368. The summed E-state index contributed by atoms with van der Waals surface area (Å²) in [5.41, 5.74) is -0.248. The van der Waals surface area contributed by atoms with E-state index in [1.54, 1.807) is 0 Å². The molecule has 0 heterocycles. The number of hydrogen-bond donors (Lipinski definition) is 0. The minimum Gasteiger partial charge on any atom is -0.451 e. The van der Waals surface area contributed by atoms with Gasteiger partial charge in [0.25, 0.3) is 0 Å². The molecule has 0 aliphatic heterocycles. The van der Waals surface area contributed by atoms with Gasteiger partial charge in [0, 0.05) is 5.92 Å². The molecule has 3 aliphatic rings. The molecule has 116 valence electrons. The van der Waals surface area contributed by atoms with Gasteiger partial charge in [-0.3, -0.25) is 0 Å². The fraction of sp³-hybridized carbons (Fsp3) is 0.941. The van der Waals surface area contributed by atoms with E-state index in [0.29, 0.717) is 23.7 Å². The van der Waals surface area contributed by atoms with Gasteiger partial charge < -0.3 is 4.74 Å². The van der Waals surface area contributed by atoms with Crippen LogP contribution in [0.25, 0.3) is 0 Å². The predicted octanol–water partition coefficient (Wildman–Crippen LogP) is 5.68. The first-order valence-electron chi connectivity index (χ1n) is 8.21. The minimum absolute atomic E-state index is 0.132. The molecule has 6 unspecified atom stereocenters. The quantitative estimate of drug-likeness (QED) is 0.456.